The van der Waals surface area contributed by atoms with Crippen molar-refractivity contribution >= 4 is 11.7 Å². The van der Waals surface area contributed by atoms with Crippen molar-refractivity contribution in [2.75, 3.05) is 11.9 Å². The van der Waals surface area contributed by atoms with Crippen molar-refractivity contribution in [2.24, 2.45) is 5.41 Å². The van der Waals surface area contributed by atoms with E-state index in [1.165, 1.54) is 11.1 Å². The third-order valence-corrected chi connectivity index (χ3v) is 3.84. The average molecular weight is 247 g/mol. The van der Waals surface area contributed by atoms with Gasteiger partial charge in [-0.25, -0.2) is 0 Å². The number of rotatable bonds is 5. The van der Waals surface area contributed by atoms with Gasteiger partial charge in [0.2, 0.25) is 0 Å². The summed E-state index contributed by atoms with van der Waals surface area (Å²) in [4.78, 5) is 11.2. The van der Waals surface area contributed by atoms with E-state index >= 15 is 0 Å². The summed E-state index contributed by atoms with van der Waals surface area (Å²) in [6, 6.07) is 6.23. The second-order valence-corrected chi connectivity index (χ2v) is 5.63. The van der Waals surface area contributed by atoms with Gasteiger partial charge >= 0.3 is 5.97 Å². The van der Waals surface area contributed by atoms with Crippen LogP contribution < -0.4 is 5.32 Å². The summed E-state index contributed by atoms with van der Waals surface area (Å²) < 4.78 is 0. The molecule has 0 radical (unpaired) electrons. The molecule has 1 aliphatic rings. The molecule has 0 unspecified atom stereocenters. The van der Waals surface area contributed by atoms with Crippen molar-refractivity contribution in [1.82, 2.24) is 0 Å². The molecule has 98 valence electrons. The van der Waals surface area contributed by atoms with Gasteiger partial charge in [0.15, 0.2) is 0 Å². The number of benzene rings is 1. The summed E-state index contributed by atoms with van der Waals surface area (Å²) in [6.07, 6.45) is 1.58. The molecule has 1 aromatic carbocycles. The topological polar surface area (TPSA) is 49.3 Å². The summed E-state index contributed by atoms with van der Waals surface area (Å²) in [5.74, 6) is -0.234. The molecule has 0 atom stereocenters. The van der Waals surface area contributed by atoms with E-state index in [0.717, 1.165) is 18.5 Å². The quantitative estimate of drug-likeness (QED) is 0.838. The molecule has 2 N–H and O–H groups in total. The van der Waals surface area contributed by atoms with Crippen LogP contribution >= 0.6 is 0 Å². The lowest BCUT2D eigenvalue weighted by Gasteiger charge is -2.19. The summed E-state index contributed by atoms with van der Waals surface area (Å²) in [5, 5.41) is 12.6. The highest BCUT2D eigenvalue weighted by atomic mass is 16.4. The van der Waals surface area contributed by atoms with E-state index in [0.29, 0.717) is 12.5 Å². The molecule has 0 aliphatic heterocycles. The van der Waals surface area contributed by atoms with Crippen LogP contribution in [0.2, 0.25) is 0 Å². The molecule has 1 fully saturated rings. The fraction of sp³-hybridized carbons (Fsp3) is 0.533. The lowest BCUT2D eigenvalue weighted by Crippen LogP contribution is -2.25. The summed E-state index contributed by atoms with van der Waals surface area (Å²) in [6.45, 7) is 6.91. The monoisotopic (exact) mass is 247 g/mol. The molecule has 3 nitrogen and oxygen atoms in total. The Morgan fingerprint density at radius 1 is 1.44 bits per heavy atom. The molecule has 0 amide bonds. The Labute approximate surface area is 108 Å². The van der Waals surface area contributed by atoms with Crippen molar-refractivity contribution in [3.63, 3.8) is 0 Å². The highest BCUT2D eigenvalue weighted by molar-refractivity contribution is 5.79. The number of para-hydroxylation sites is 1. The van der Waals surface area contributed by atoms with Crippen molar-refractivity contribution in [3.05, 3.63) is 29.3 Å². The van der Waals surface area contributed by atoms with Gasteiger partial charge in [-0.3, -0.25) is 4.79 Å². The number of carboxylic acids is 1. The van der Waals surface area contributed by atoms with Gasteiger partial charge in [0.25, 0.3) is 0 Å². The fourth-order valence-corrected chi connectivity index (χ4v) is 2.29. The molecule has 0 aromatic heterocycles. The van der Waals surface area contributed by atoms with Crippen LogP contribution in [0.3, 0.4) is 0 Å². The predicted molar refractivity (Wildman–Crippen MR) is 73.1 cm³/mol. The lowest BCUT2D eigenvalue weighted by atomic mass is 9.97. The minimum Gasteiger partial charge on any atom is -0.481 e. The van der Waals surface area contributed by atoms with Crippen LogP contribution in [0.5, 0.6) is 0 Å². The van der Waals surface area contributed by atoms with Crippen molar-refractivity contribution < 1.29 is 9.90 Å². The van der Waals surface area contributed by atoms with Gasteiger partial charge in [-0.05, 0) is 36.8 Å². The largest absolute Gasteiger partial charge is 0.481 e. The van der Waals surface area contributed by atoms with Crippen LogP contribution in [-0.4, -0.2) is 17.6 Å². The predicted octanol–water partition coefficient (Wildman–Crippen LogP) is 3.40. The number of nitrogens with one attached hydrogen (secondary N) is 1. The number of hydrogen-bond donors (Lipinski definition) is 2. The van der Waals surface area contributed by atoms with Gasteiger partial charge in [0.05, 0.1) is 5.41 Å². The first kappa shape index (κ1) is 12.9. The molecule has 0 spiro atoms. The van der Waals surface area contributed by atoms with Crippen LogP contribution in [0.15, 0.2) is 18.2 Å². The van der Waals surface area contributed by atoms with Gasteiger partial charge in [-0.2, -0.15) is 0 Å². The SMILES string of the molecule is Cc1cccc(C(C)C)c1NCC1(C(=O)O)CC1. The van der Waals surface area contributed by atoms with Gasteiger partial charge in [0.1, 0.15) is 0 Å². The highest BCUT2D eigenvalue weighted by Gasteiger charge is 2.50. The Balaban J connectivity index is 2.16. The molecule has 0 heterocycles. The normalized spacial score (nSPS) is 16.7. The number of aryl methyl sites for hydroxylation is 1. The van der Waals surface area contributed by atoms with Crippen LogP contribution in [0.25, 0.3) is 0 Å². The molecule has 1 aromatic rings. The van der Waals surface area contributed by atoms with Crippen LogP contribution in [0.1, 0.15) is 43.7 Å². The molecule has 0 saturated heterocycles. The van der Waals surface area contributed by atoms with E-state index in [9.17, 15) is 9.90 Å². The third kappa shape index (κ3) is 2.35. The first-order chi connectivity index (χ1) is 8.46. The lowest BCUT2D eigenvalue weighted by molar-refractivity contribution is -0.142. The average Bonchev–Trinajstić information content (AvgIpc) is 3.08. The number of hydrogen-bond acceptors (Lipinski definition) is 2. The van der Waals surface area contributed by atoms with Crippen LogP contribution in [0.4, 0.5) is 5.69 Å². The van der Waals surface area contributed by atoms with E-state index in [1.807, 2.05) is 0 Å². The number of anilines is 1. The third-order valence-electron chi connectivity index (χ3n) is 3.84. The number of aliphatic carboxylic acids is 1. The molecular weight excluding hydrogens is 226 g/mol. The maximum atomic E-state index is 11.2. The van der Waals surface area contributed by atoms with Crippen molar-refractivity contribution in [2.45, 2.75) is 39.5 Å². The zero-order chi connectivity index (χ0) is 13.3. The fourth-order valence-electron chi connectivity index (χ4n) is 2.29. The Morgan fingerprint density at radius 2 is 2.11 bits per heavy atom. The second kappa shape index (κ2) is 4.63. The first-order valence-corrected chi connectivity index (χ1v) is 6.53. The minimum absolute atomic E-state index is 0.437. The molecular formula is C15H21NO2. The van der Waals surface area contributed by atoms with E-state index in [1.54, 1.807) is 0 Å². The van der Waals surface area contributed by atoms with E-state index < -0.39 is 11.4 Å². The summed E-state index contributed by atoms with van der Waals surface area (Å²) in [5.41, 5.74) is 3.04. The Kier molecular flexibility index (Phi) is 3.33. The minimum atomic E-state index is -0.672. The van der Waals surface area contributed by atoms with Crippen molar-refractivity contribution in [1.29, 1.82) is 0 Å². The maximum Gasteiger partial charge on any atom is 0.311 e. The highest BCUT2D eigenvalue weighted by Crippen LogP contribution is 2.46. The molecule has 2 rings (SSSR count). The molecule has 0 bridgehead atoms. The summed E-state index contributed by atoms with van der Waals surface area (Å²) >= 11 is 0. The Morgan fingerprint density at radius 3 is 2.61 bits per heavy atom. The Bertz CT molecular complexity index is 462. The van der Waals surface area contributed by atoms with E-state index in [4.69, 9.17) is 0 Å². The number of carboxylic acid groups (broad SMARTS) is 1. The maximum absolute atomic E-state index is 11.2. The van der Waals surface area contributed by atoms with E-state index in [-0.39, 0.29) is 0 Å². The standard InChI is InChI=1S/C15H21NO2/c1-10(2)12-6-4-5-11(3)13(12)16-9-15(7-8-15)14(17)18/h4-6,10,16H,7-9H2,1-3H3,(H,17,18). The zero-order valence-electron chi connectivity index (χ0n) is 11.3. The van der Waals surface area contributed by atoms with Gasteiger partial charge in [-0.1, -0.05) is 32.0 Å². The Hall–Kier alpha value is -1.51. The molecule has 1 saturated carbocycles. The van der Waals surface area contributed by atoms with E-state index in [2.05, 4.69) is 44.3 Å². The molecule has 3 heteroatoms. The molecule has 18 heavy (non-hydrogen) atoms. The smallest absolute Gasteiger partial charge is 0.311 e. The second-order valence-electron chi connectivity index (χ2n) is 5.63. The van der Waals surface area contributed by atoms with Gasteiger partial charge in [-0.15, -0.1) is 0 Å². The van der Waals surface area contributed by atoms with Crippen LogP contribution in [-0.2, 0) is 4.79 Å². The summed E-state index contributed by atoms with van der Waals surface area (Å²) in [7, 11) is 0. The number of carbonyl (C=O) groups is 1. The first-order valence-electron chi connectivity index (χ1n) is 6.53. The van der Waals surface area contributed by atoms with Gasteiger partial charge in [0, 0.05) is 12.2 Å². The van der Waals surface area contributed by atoms with Crippen molar-refractivity contribution in [3.8, 4) is 0 Å². The van der Waals surface area contributed by atoms with Gasteiger partial charge < -0.3 is 10.4 Å². The van der Waals surface area contributed by atoms with Crippen LogP contribution in [0, 0.1) is 12.3 Å². The zero-order valence-corrected chi connectivity index (χ0v) is 11.3. The molecule has 1 aliphatic carbocycles.